The number of rotatable bonds is 1. The van der Waals surface area contributed by atoms with E-state index in [0.717, 1.165) is 0 Å². The fourth-order valence-corrected chi connectivity index (χ4v) is 1.33. The van der Waals surface area contributed by atoms with Gasteiger partial charge in [-0.2, -0.15) is 0 Å². The maximum absolute atomic E-state index is 11.7. The topological polar surface area (TPSA) is 67.4 Å². The van der Waals surface area contributed by atoms with Gasteiger partial charge in [-0.1, -0.05) is 0 Å². The molecule has 0 unspecified atom stereocenters. The molecule has 0 saturated carbocycles. The van der Waals surface area contributed by atoms with Gasteiger partial charge in [0.05, 0.1) is 31.3 Å². The molecule has 6 heteroatoms. The summed E-state index contributed by atoms with van der Waals surface area (Å²) in [5, 5.41) is 2.72. The second kappa shape index (κ2) is 4.70. The number of nitrogens with zero attached hydrogens (tertiary/aromatic N) is 3. The summed E-state index contributed by atoms with van der Waals surface area (Å²) in [5.41, 5.74) is 0.606. The number of ether oxygens (including phenoxy) is 1. The maximum Gasteiger partial charge on any atom is 0.322 e. The van der Waals surface area contributed by atoms with Gasteiger partial charge in [-0.05, 0) is 0 Å². The van der Waals surface area contributed by atoms with E-state index in [-0.39, 0.29) is 6.03 Å². The number of aromatic nitrogens is 2. The van der Waals surface area contributed by atoms with Gasteiger partial charge in [0.2, 0.25) is 0 Å². The molecule has 1 aliphatic heterocycles. The molecule has 2 amide bonds. The average Bonchev–Trinajstić information content (AvgIpc) is 2.31. The molecule has 0 bridgehead atoms. The summed E-state index contributed by atoms with van der Waals surface area (Å²) in [6.07, 6.45) is 4.54. The van der Waals surface area contributed by atoms with Crippen LogP contribution in [0.25, 0.3) is 0 Å². The van der Waals surface area contributed by atoms with Crippen LogP contribution >= 0.6 is 0 Å². The van der Waals surface area contributed by atoms with Gasteiger partial charge in [-0.25, -0.2) is 14.8 Å². The SMILES string of the molecule is O=C(Nc1cncnc1)N1CCOCC1. The van der Waals surface area contributed by atoms with Crippen LogP contribution in [0.1, 0.15) is 0 Å². The Labute approximate surface area is 87.3 Å². The fraction of sp³-hybridized carbons (Fsp3) is 0.444. The molecule has 0 radical (unpaired) electrons. The molecular weight excluding hydrogens is 196 g/mol. The lowest BCUT2D eigenvalue weighted by molar-refractivity contribution is 0.0564. The Balaban J connectivity index is 1.91. The highest BCUT2D eigenvalue weighted by molar-refractivity contribution is 5.88. The lowest BCUT2D eigenvalue weighted by Crippen LogP contribution is -2.43. The van der Waals surface area contributed by atoms with Crippen molar-refractivity contribution in [2.24, 2.45) is 0 Å². The Kier molecular flexibility index (Phi) is 3.08. The molecule has 1 saturated heterocycles. The van der Waals surface area contributed by atoms with E-state index in [1.165, 1.54) is 6.33 Å². The maximum atomic E-state index is 11.7. The number of anilines is 1. The first-order chi connectivity index (χ1) is 7.36. The fourth-order valence-electron chi connectivity index (χ4n) is 1.33. The van der Waals surface area contributed by atoms with E-state index in [1.54, 1.807) is 17.3 Å². The molecule has 1 aromatic rings. The summed E-state index contributed by atoms with van der Waals surface area (Å²) in [7, 11) is 0. The molecule has 2 rings (SSSR count). The molecule has 0 aromatic carbocycles. The minimum atomic E-state index is -0.131. The second-order valence-corrected chi connectivity index (χ2v) is 3.16. The zero-order chi connectivity index (χ0) is 10.5. The number of nitrogens with one attached hydrogen (secondary N) is 1. The second-order valence-electron chi connectivity index (χ2n) is 3.16. The number of morpholine rings is 1. The van der Waals surface area contributed by atoms with E-state index in [9.17, 15) is 4.79 Å². The first kappa shape index (κ1) is 9.85. The highest BCUT2D eigenvalue weighted by Crippen LogP contribution is 2.04. The highest BCUT2D eigenvalue weighted by atomic mass is 16.5. The van der Waals surface area contributed by atoms with Crippen molar-refractivity contribution >= 4 is 11.7 Å². The molecule has 6 nitrogen and oxygen atoms in total. The number of hydrogen-bond donors (Lipinski definition) is 1. The third-order valence-corrected chi connectivity index (χ3v) is 2.11. The van der Waals surface area contributed by atoms with Gasteiger partial charge in [-0.3, -0.25) is 0 Å². The van der Waals surface area contributed by atoms with Crippen molar-refractivity contribution in [2.45, 2.75) is 0 Å². The Morgan fingerprint density at radius 1 is 1.33 bits per heavy atom. The Morgan fingerprint density at radius 2 is 2.00 bits per heavy atom. The molecule has 80 valence electrons. The van der Waals surface area contributed by atoms with Crippen LogP contribution in [0.4, 0.5) is 10.5 Å². The van der Waals surface area contributed by atoms with Gasteiger partial charge in [0.1, 0.15) is 6.33 Å². The number of urea groups is 1. The predicted octanol–water partition coefficient (Wildman–Crippen LogP) is 0.341. The normalized spacial score (nSPS) is 16.1. The molecule has 1 aromatic heterocycles. The Bertz CT molecular complexity index is 324. The minimum absolute atomic E-state index is 0.131. The quantitative estimate of drug-likeness (QED) is 0.722. The zero-order valence-corrected chi connectivity index (χ0v) is 8.22. The van der Waals surface area contributed by atoms with Gasteiger partial charge < -0.3 is 15.0 Å². The first-order valence-corrected chi connectivity index (χ1v) is 4.75. The van der Waals surface area contributed by atoms with E-state index < -0.39 is 0 Å². The molecule has 2 heterocycles. The first-order valence-electron chi connectivity index (χ1n) is 4.75. The third-order valence-electron chi connectivity index (χ3n) is 2.11. The largest absolute Gasteiger partial charge is 0.378 e. The van der Waals surface area contributed by atoms with Crippen molar-refractivity contribution in [3.8, 4) is 0 Å². The monoisotopic (exact) mass is 208 g/mol. The molecule has 1 fully saturated rings. The predicted molar refractivity (Wildman–Crippen MR) is 53.4 cm³/mol. The summed E-state index contributed by atoms with van der Waals surface area (Å²) >= 11 is 0. The number of hydrogen-bond acceptors (Lipinski definition) is 4. The lowest BCUT2D eigenvalue weighted by atomic mass is 10.4. The molecular formula is C9H12N4O2. The van der Waals surface area contributed by atoms with Crippen LogP contribution in [0.5, 0.6) is 0 Å². The summed E-state index contributed by atoms with van der Waals surface area (Å²) in [5.74, 6) is 0. The van der Waals surface area contributed by atoms with Crippen LogP contribution < -0.4 is 5.32 Å². The van der Waals surface area contributed by atoms with E-state index in [2.05, 4.69) is 15.3 Å². The molecule has 1 aliphatic rings. The number of carbonyl (C=O) groups excluding carboxylic acids is 1. The van der Waals surface area contributed by atoms with Gasteiger partial charge in [-0.15, -0.1) is 0 Å². The summed E-state index contributed by atoms with van der Waals surface area (Å²) in [6.45, 7) is 2.44. The molecule has 1 N–H and O–H groups in total. The zero-order valence-electron chi connectivity index (χ0n) is 8.22. The lowest BCUT2D eigenvalue weighted by Gasteiger charge is -2.26. The van der Waals surface area contributed by atoms with Crippen molar-refractivity contribution in [1.82, 2.24) is 14.9 Å². The van der Waals surface area contributed by atoms with E-state index in [1.807, 2.05) is 0 Å². The molecule has 0 spiro atoms. The van der Waals surface area contributed by atoms with E-state index >= 15 is 0 Å². The van der Waals surface area contributed by atoms with Gasteiger partial charge in [0, 0.05) is 13.1 Å². The van der Waals surface area contributed by atoms with Crippen molar-refractivity contribution in [1.29, 1.82) is 0 Å². The molecule has 0 atom stereocenters. The van der Waals surface area contributed by atoms with Gasteiger partial charge in [0.15, 0.2) is 0 Å². The van der Waals surface area contributed by atoms with Crippen molar-refractivity contribution in [2.75, 3.05) is 31.6 Å². The highest BCUT2D eigenvalue weighted by Gasteiger charge is 2.16. The van der Waals surface area contributed by atoms with Crippen LogP contribution in [0.3, 0.4) is 0 Å². The van der Waals surface area contributed by atoms with Crippen molar-refractivity contribution in [3.05, 3.63) is 18.7 Å². The van der Waals surface area contributed by atoms with E-state index in [0.29, 0.717) is 32.0 Å². The summed E-state index contributed by atoms with van der Waals surface area (Å²) in [6, 6.07) is -0.131. The summed E-state index contributed by atoms with van der Waals surface area (Å²) < 4.78 is 5.15. The van der Waals surface area contributed by atoms with Crippen LogP contribution in [0.2, 0.25) is 0 Å². The van der Waals surface area contributed by atoms with Crippen LogP contribution in [0.15, 0.2) is 18.7 Å². The van der Waals surface area contributed by atoms with Gasteiger partial charge >= 0.3 is 6.03 Å². The number of carbonyl (C=O) groups is 1. The standard InChI is InChI=1S/C9H12N4O2/c14-9(13-1-3-15-4-2-13)12-8-5-10-7-11-6-8/h5-7H,1-4H2,(H,12,14). The Morgan fingerprint density at radius 3 is 2.67 bits per heavy atom. The van der Waals surface area contributed by atoms with Crippen LogP contribution in [0, 0.1) is 0 Å². The number of amides is 2. The minimum Gasteiger partial charge on any atom is -0.378 e. The van der Waals surface area contributed by atoms with Gasteiger partial charge in [0.25, 0.3) is 0 Å². The summed E-state index contributed by atoms with van der Waals surface area (Å²) in [4.78, 5) is 21.0. The molecule has 0 aliphatic carbocycles. The van der Waals surface area contributed by atoms with Crippen LogP contribution in [-0.2, 0) is 4.74 Å². The molecule has 15 heavy (non-hydrogen) atoms. The van der Waals surface area contributed by atoms with Crippen LogP contribution in [-0.4, -0.2) is 47.2 Å². The van der Waals surface area contributed by atoms with E-state index in [4.69, 9.17) is 4.74 Å². The van der Waals surface area contributed by atoms with Crippen molar-refractivity contribution < 1.29 is 9.53 Å². The van der Waals surface area contributed by atoms with Crippen molar-refractivity contribution in [3.63, 3.8) is 0 Å². The Hall–Kier alpha value is -1.69. The average molecular weight is 208 g/mol. The smallest absolute Gasteiger partial charge is 0.322 e. The third kappa shape index (κ3) is 2.63.